The van der Waals surface area contributed by atoms with Crippen molar-refractivity contribution in [1.82, 2.24) is 5.32 Å². The van der Waals surface area contributed by atoms with Crippen molar-refractivity contribution in [3.63, 3.8) is 0 Å². The summed E-state index contributed by atoms with van der Waals surface area (Å²) in [7, 11) is 0. The number of carbonyl (C=O) groups is 1. The highest BCUT2D eigenvalue weighted by molar-refractivity contribution is 6.18. The minimum absolute atomic E-state index is 0.0127. The van der Waals surface area contributed by atoms with Crippen LogP contribution in [0.2, 0.25) is 0 Å². The van der Waals surface area contributed by atoms with E-state index >= 15 is 0 Å². The Balaban J connectivity index is 2.90. The standard InChI is InChI=1S/C15H22ClNO/c1-5-15(4,11-16)17-13(18)14(2,3)12-9-7-6-8-10-12/h6-10H,5,11H2,1-4H3,(H,17,18). The Kier molecular flexibility index (Phi) is 4.80. The number of carbonyl (C=O) groups excluding carboxylic acids is 1. The molecular formula is C15H22ClNO. The normalized spacial score (nSPS) is 14.9. The van der Waals surface area contributed by atoms with Gasteiger partial charge in [0.05, 0.1) is 11.0 Å². The van der Waals surface area contributed by atoms with Gasteiger partial charge in [-0.1, -0.05) is 37.3 Å². The fourth-order valence-electron chi connectivity index (χ4n) is 1.63. The van der Waals surface area contributed by atoms with E-state index in [1.165, 1.54) is 0 Å². The molecule has 0 saturated carbocycles. The number of hydrogen-bond acceptors (Lipinski definition) is 1. The molecule has 0 saturated heterocycles. The molecule has 1 unspecified atom stereocenters. The first-order chi connectivity index (χ1) is 8.35. The van der Waals surface area contributed by atoms with Crippen LogP contribution in [0.1, 0.15) is 39.7 Å². The fourth-order valence-corrected chi connectivity index (χ4v) is 1.89. The molecule has 1 aromatic carbocycles. The van der Waals surface area contributed by atoms with E-state index in [0.29, 0.717) is 5.88 Å². The molecule has 0 aliphatic heterocycles. The number of hydrogen-bond donors (Lipinski definition) is 1. The van der Waals surface area contributed by atoms with Gasteiger partial charge in [-0.15, -0.1) is 11.6 Å². The SMILES string of the molecule is CCC(C)(CCl)NC(=O)C(C)(C)c1ccccc1. The van der Waals surface area contributed by atoms with Crippen LogP contribution in [0.5, 0.6) is 0 Å². The summed E-state index contributed by atoms with van der Waals surface area (Å²) in [6.07, 6.45) is 0.813. The molecule has 3 heteroatoms. The lowest BCUT2D eigenvalue weighted by molar-refractivity contribution is -0.127. The summed E-state index contributed by atoms with van der Waals surface area (Å²) in [4.78, 5) is 12.4. The van der Waals surface area contributed by atoms with Crippen LogP contribution in [-0.2, 0) is 10.2 Å². The average molecular weight is 268 g/mol. The van der Waals surface area contributed by atoms with Crippen molar-refractivity contribution >= 4 is 17.5 Å². The predicted octanol–water partition coefficient (Wildman–Crippen LogP) is 3.49. The van der Waals surface area contributed by atoms with Gasteiger partial charge in [-0.3, -0.25) is 4.79 Å². The van der Waals surface area contributed by atoms with Gasteiger partial charge in [0.15, 0.2) is 0 Å². The Morgan fingerprint density at radius 1 is 1.22 bits per heavy atom. The molecule has 1 rings (SSSR count). The van der Waals surface area contributed by atoms with Crippen molar-refractivity contribution in [3.05, 3.63) is 35.9 Å². The van der Waals surface area contributed by atoms with E-state index in [0.717, 1.165) is 12.0 Å². The number of alkyl halides is 1. The second-order valence-corrected chi connectivity index (χ2v) is 5.76. The van der Waals surface area contributed by atoms with Gasteiger partial charge in [0.2, 0.25) is 5.91 Å². The minimum atomic E-state index is -0.552. The monoisotopic (exact) mass is 267 g/mol. The van der Waals surface area contributed by atoms with E-state index in [1.807, 2.05) is 58.0 Å². The molecule has 0 bridgehead atoms. The molecule has 1 N–H and O–H groups in total. The highest BCUT2D eigenvalue weighted by Gasteiger charge is 2.34. The first-order valence-electron chi connectivity index (χ1n) is 6.30. The first kappa shape index (κ1) is 15.0. The Morgan fingerprint density at radius 2 is 1.78 bits per heavy atom. The molecule has 1 amide bonds. The topological polar surface area (TPSA) is 29.1 Å². The van der Waals surface area contributed by atoms with Crippen LogP contribution in [0.3, 0.4) is 0 Å². The lowest BCUT2D eigenvalue weighted by Gasteiger charge is -2.33. The molecule has 0 aromatic heterocycles. The van der Waals surface area contributed by atoms with Crippen molar-refractivity contribution < 1.29 is 4.79 Å². The molecule has 1 atom stereocenters. The molecule has 0 fully saturated rings. The third-order valence-electron chi connectivity index (χ3n) is 3.55. The average Bonchev–Trinajstić information content (AvgIpc) is 2.39. The molecule has 0 heterocycles. The second kappa shape index (κ2) is 5.75. The zero-order valence-corrected chi connectivity index (χ0v) is 12.3. The van der Waals surface area contributed by atoms with Gasteiger partial charge in [-0.25, -0.2) is 0 Å². The summed E-state index contributed by atoms with van der Waals surface area (Å²) in [6.45, 7) is 7.86. The van der Waals surface area contributed by atoms with E-state index in [9.17, 15) is 4.79 Å². The van der Waals surface area contributed by atoms with Gasteiger partial charge in [0.25, 0.3) is 0 Å². The van der Waals surface area contributed by atoms with Crippen molar-refractivity contribution in [2.45, 2.75) is 45.1 Å². The highest BCUT2D eigenvalue weighted by Crippen LogP contribution is 2.24. The summed E-state index contributed by atoms with van der Waals surface area (Å²) in [5.74, 6) is 0.429. The lowest BCUT2D eigenvalue weighted by atomic mass is 9.82. The third-order valence-corrected chi connectivity index (χ3v) is 4.14. The fraction of sp³-hybridized carbons (Fsp3) is 0.533. The van der Waals surface area contributed by atoms with Crippen LogP contribution in [0.25, 0.3) is 0 Å². The maximum atomic E-state index is 12.4. The number of benzene rings is 1. The maximum absolute atomic E-state index is 12.4. The van der Waals surface area contributed by atoms with E-state index in [4.69, 9.17) is 11.6 Å². The number of nitrogens with one attached hydrogen (secondary N) is 1. The van der Waals surface area contributed by atoms with Crippen molar-refractivity contribution in [2.75, 3.05) is 5.88 Å². The van der Waals surface area contributed by atoms with Crippen LogP contribution in [0, 0.1) is 0 Å². The van der Waals surface area contributed by atoms with Gasteiger partial charge >= 0.3 is 0 Å². The van der Waals surface area contributed by atoms with E-state index < -0.39 is 5.41 Å². The largest absolute Gasteiger partial charge is 0.349 e. The van der Waals surface area contributed by atoms with Crippen molar-refractivity contribution in [2.24, 2.45) is 0 Å². The van der Waals surface area contributed by atoms with Gasteiger partial charge in [0, 0.05) is 5.88 Å². The van der Waals surface area contributed by atoms with Gasteiger partial charge in [-0.2, -0.15) is 0 Å². The quantitative estimate of drug-likeness (QED) is 0.813. The van der Waals surface area contributed by atoms with Crippen LogP contribution in [0.4, 0.5) is 0 Å². The molecule has 0 aliphatic carbocycles. The van der Waals surface area contributed by atoms with Crippen LogP contribution >= 0.6 is 11.6 Å². The molecule has 18 heavy (non-hydrogen) atoms. The molecule has 2 nitrogen and oxygen atoms in total. The molecule has 0 spiro atoms. The number of amides is 1. The zero-order chi connectivity index (χ0) is 13.8. The van der Waals surface area contributed by atoms with Gasteiger partial charge in [0.1, 0.15) is 0 Å². The predicted molar refractivity (Wildman–Crippen MR) is 77.0 cm³/mol. The Bertz CT molecular complexity index is 396. The Labute approximate surface area is 115 Å². The van der Waals surface area contributed by atoms with Crippen LogP contribution < -0.4 is 5.32 Å². The maximum Gasteiger partial charge on any atom is 0.230 e. The summed E-state index contributed by atoms with van der Waals surface area (Å²) in [5.41, 5.74) is 0.115. The number of halogens is 1. The first-order valence-corrected chi connectivity index (χ1v) is 6.83. The van der Waals surface area contributed by atoms with Gasteiger partial charge in [-0.05, 0) is 32.8 Å². The van der Waals surface area contributed by atoms with Gasteiger partial charge < -0.3 is 5.32 Å². The second-order valence-electron chi connectivity index (χ2n) is 5.49. The molecule has 1 aromatic rings. The molecule has 100 valence electrons. The summed E-state index contributed by atoms with van der Waals surface area (Å²) >= 11 is 5.93. The molecular weight excluding hydrogens is 246 g/mol. The summed E-state index contributed by atoms with van der Waals surface area (Å²) in [5, 5.41) is 3.06. The summed E-state index contributed by atoms with van der Waals surface area (Å²) in [6, 6.07) is 9.80. The molecule has 0 radical (unpaired) electrons. The zero-order valence-electron chi connectivity index (χ0n) is 11.6. The van der Waals surface area contributed by atoms with Crippen LogP contribution in [-0.4, -0.2) is 17.3 Å². The van der Waals surface area contributed by atoms with E-state index in [2.05, 4.69) is 5.32 Å². The van der Waals surface area contributed by atoms with Crippen LogP contribution in [0.15, 0.2) is 30.3 Å². The van der Waals surface area contributed by atoms with E-state index in [-0.39, 0.29) is 11.4 Å². The van der Waals surface area contributed by atoms with Crippen molar-refractivity contribution in [3.8, 4) is 0 Å². The lowest BCUT2D eigenvalue weighted by Crippen LogP contribution is -2.52. The minimum Gasteiger partial charge on any atom is -0.349 e. The van der Waals surface area contributed by atoms with Crippen molar-refractivity contribution in [1.29, 1.82) is 0 Å². The number of rotatable bonds is 5. The summed E-state index contributed by atoms with van der Waals surface area (Å²) < 4.78 is 0. The molecule has 0 aliphatic rings. The third kappa shape index (κ3) is 3.26. The Morgan fingerprint density at radius 3 is 2.22 bits per heavy atom. The smallest absolute Gasteiger partial charge is 0.230 e. The highest BCUT2D eigenvalue weighted by atomic mass is 35.5. The Hall–Kier alpha value is -1.02. The van der Waals surface area contributed by atoms with E-state index in [1.54, 1.807) is 0 Å².